The summed E-state index contributed by atoms with van der Waals surface area (Å²) in [6, 6.07) is 0. The van der Waals surface area contributed by atoms with Crippen LogP contribution in [0.4, 0.5) is 0 Å². The lowest BCUT2D eigenvalue weighted by molar-refractivity contribution is 0.193. The molecule has 1 aliphatic heterocycles. The Morgan fingerprint density at radius 2 is 2.10 bits per heavy atom. The van der Waals surface area contributed by atoms with Crippen LogP contribution in [-0.4, -0.2) is 44.6 Å². The molecule has 0 spiro atoms. The van der Waals surface area contributed by atoms with Crippen molar-refractivity contribution in [2.75, 3.05) is 26.2 Å². The highest BCUT2D eigenvalue weighted by atomic mass is 32.2. The first-order valence-electron chi connectivity index (χ1n) is 7.37. The Labute approximate surface area is 131 Å². The average molecular weight is 332 g/mol. The first-order chi connectivity index (χ1) is 9.97. The van der Waals surface area contributed by atoms with Gasteiger partial charge in [-0.05, 0) is 56.3 Å². The minimum Gasteiger partial charge on any atom is -0.391 e. The number of piperidine rings is 1. The lowest BCUT2D eigenvalue weighted by Gasteiger charge is -2.31. The van der Waals surface area contributed by atoms with Gasteiger partial charge >= 0.3 is 0 Å². The molecule has 21 heavy (non-hydrogen) atoms. The summed E-state index contributed by atoms with van der Waals surface area (Å²) in [6.45, 7) is 7.32. The standard InChI is InChI=1S/C14H24N2O3S2/c1-3-16-6-4-12(5-7-16)8-15-21(18,19)14-11(2)10-20-13(14)9-17/h10,12,15,17H,3-9H2,1-2H3. The predicted molar refractivity (Wildman–Crippen MR) is 85.0 cm³/mol. The van der Waals surface area contributed by atoms with Crippen molar-refractivity contribution in [3.8, 4) is 0 Å². The fourth-order valence-electron chi connectivity index (χ4n) is 2.76. The SMILES string of the molecule is CCN1CCC(CNS(=O)(=O)c2c(C)csc2CO)CC1. The monoisotopic (exact) mass is 332 g/mol. The number of aliphatic hydroxyl groups is 1. The predicted octanol–water partition coefficient (Wildman–Crippen LogP) is 1.56. The second kappa shape index (κ2) is 7.19. The Kier molecular flexibility index (Phi) is 5.79. The summed E-state index contributed by atoms with van der Waals surface area (Å²) in [5, 5.41) is 11.1. The molecule has 120 valence electrons. The maximum atomic E-state index is 12.4. The van der Waals surface area contributed by atoms with Gasteiger partial charge in [0, 0.05) is 6.54 Å². The summed E-state index contributed by atoms with van der Waals surface area (Å²) in [4.78, 5) is 3.17. The molecule has 0 atom stereocenters. The van der Waals surface area contributed by atoms with Crippen molar-refractivity contribution in [2.45, 2.75) is 38.2 Å². The van der Waals surface area contributed by atoms with Crippen LogP contribution in [0.15, 0.2) is 10.3 Å². The van der Waals surface area contributed by atoms with Crippen molar-refractivity contribution in [3.05, 3.63) is 15.8 Å². The first kappa shape index (κ1) is 16.9. The summed E-state index contributed by atoms with van der Waals surface area (Å²) in [7, 11) is -3.52. The van der Waals surface area contributed by atoms with Gasteiger partial charge in [0.25, 0.3) is 0 Å². The van der Waals surface area contributed by atoms with Crippen LogP contribution in [0.25, 0.3) is 0 Å². The smallest absolute Gasteiger partial charge is 0.242 e. The molecule has 2 heterocycles. The molecule has 2 N–H and O–H groups in total. The van der Waals surface area contributed by atoms with E-state index in [1.165, 1.54) is 11.3 Å². The van der Waals surface area contributed by atoms with Gasteiger partial charge < -0.3 is 10.0 Å². The van der Waals surface area contributed by atoms with E-state index in [2.05, 4.69) is 16.5 Å². The van der Waals surface area contributed by atoms with Crippen LogP contribution < -0.4 is 4.72 Å². The number of likely N-dealkylation sites (tertiary alicyclic amines) is 1. The van der Waals surface area contributed by atoms with Gasteiger partial charge in [0.15, 0.2) is 0 Å². The van der Waals surface area contributed by atoms with Gasteiger partial charge in [0.2, 0.25) is 10.0 Å². The molecule has 2 rings (SSSR count). The van der Waals surface area contributed by atoms with Crippen LogP contribution in [-0.2, 0) is 16.6 Å². The molecule has 1 aliphatic rings. The highest BCUT2D eigenvalue weighted by molar-refractivity contribution is 7.89. The van der Waals surface area contributed by atoms with Crippen LogP contribution >= 0.6 is 11.3 Å². The summed E-state index contributed by atoms with van der Waals surface area (Å²) >= 11 is 1.29. The molecule has 0 amide bonds. The topological polar surface area (TPSA) is 69.6 Å². The number of aliphatic hydroxyl groups excluding tert-OH is 1. The van der Waals surface area contributed by atoms with Gasteiger partial charge in [-0.25, -0.2) is 13.1 Å². The van der Waals surface area contributed by atoms with Gasteiger partial charge in [-0.15, -0.1) is 11.3 Å². The van der Waals surface area contributed by atoms with Crippen molar-refractivity contribution in [1.82, 2.24) is 9.62 Å². The van der Waals surface area contributed by atoms with Crippen LogP contribution in [0, 0.1) is 12.8 Å². The molecule has 1 saturated heterocycles. The van der Waals surface area contributed by atoms with E-state index in [9.17, 15) is 13.5 Å². The molecule has 0 radical (unpaired) electrons. The van der Waals surface area contributed by atoms with Crippen LogP contribution in [0.5, 0.6) is 0 Å². The number of sulfonamides is 1. The van der Waals surface area contributed by atoms with E-state index in [-0.39, 0.29) is 11.5 Å². The van der Waals surface area contributed by atoms with Crippen molar-refractivity contribution in [2.24, 2.45) is 5.92 Å². The van der Waals surface area contributed by atoms with Crippen molar-refractivity contribution >= 4 is 21.4 Å². The summed E-state index contributed by atoms with van der Waals surface area (Å²) in [5.74, 6) is 0.402. The molecule has 0 saturated carbocycles. The molecule has 1 fully saturated rings. The Morgan fingerprint density at radius 1 is 1.43 bits per heavy atom. The first-order valence-corrected chi connectivity index (χ1v) is 9.74. The van der Waals surface area contributed by atoms with E-state index in [1.54, 1.807) is 12.3 Å². The number of hydrogen-bond donors (Lipinski definition) is 2. The third-order valence-corrected chi connectivity index (χ3v) is 6.99. The summed E-state index contributed by atoms with van der Waals surface area (Å²) in [6.07, 6.45) is 2.07. The Morgan fingerprint density at radius 3 is 2.67 bits per heavy atom. The van der Waals surface area contributed by atoms with Gasteiger partial charge in [-0.1, -0.05) is 6.92 Å². The van der Waals surface area contributed by atoms with E-state index in [4.69, 9.17) is 0 Å². The number of nitrogens with zero attached hydrogens (tertiary/aromatic N) is 1. The summed E-state index contributed by atoms with van der Waals surface area (Å²) in [5.41, 5.74) is 0.706. The van der Waals surface area contributed by atoms with E-state index in [0.717, 1.165) is 32.5 Å². The highest BCUT2D eigenvalue weighted by Gasteiger charge is 2.25. The molecule has 1 aromatic heterocycles. The largest absolute Gasteiger partial charge is 0.391 e. The maximum Gasteiger partial charge on any atom is 0.242 e. The summed E-state index contributed by atoms with van der Waals surface area (Å²) < 4.78 is 27.6. The van der Waals surface area contributed by atoms with Crippen LogP contribution in [0.3, 0.4) is 0 Å². The number of nitrogens with one attached hydrogen (secondary N) is 1. The zero-order valence-electron chi connectivity index (χ0n) is 12.6. The third kappa shape index (κ3) is 4.04. The lowest BCUT2D eigenvalue weighted by atomic mass is 9.97. The average Bonchev–Trinajstić information content (AvgIpc) is 2.87. The van der Waals surface area contributed by atoms with Crippen molar-refractivity contribution in [3.63, 3.8) is 0 Å². The second-order valence-corrected chi connectivity index (χ2v) is 8.23. The minimum absolute atomic E-state index is 0.233. The lowest BCUT2D eigenvalue weighted by Crippen LogP contribution is -2.38. The molecule has 0 aromatic carbocycles. The van der Waals surface area contributed by atoms with Gasteiger partial charge in [-0.2, -0.15) is 0 Å². The number of thiophene rings is 1. The normalized spacial score (nSPS) is 18.2. The number of hydrogen-bond acceptors (Lipinski definition) is 5. The third-order valence-electron chi connectivity index (χ3n) is 4.12. The van der Waals surface area contributed by atoms with Gasteiger partial charge in [0.05, 0.1) is 11.5 Å². The van der Waals surface area contributed by atoms with Crippen molar-refractivity contribution < 1.29 is 13.5 Å². The second-order valence-electron chi connectivity index (χ2n) is 5.56. The molecule has 0 unspecified atom stereocenters. The quantitative estimate of drug-likeness (QED) is 0.829. The fraction of sp³-hybridized carbons (Fsp3) is 0.714. The van der Waals surface area contributed by atoms with Crippen LogP contribution in [0.2, 0.25) is 0 Å². The minimum atomic E-state index is -3.52. The van der Waals surface area contributed by atoms with E-state index in [1.807, 2.05) is 0 Å². The molecular weight excluding hydrogens is 308 g/mol. The molecule has 7 heteroatoms. The van der Waals surface area contributed by atoms with Crippen molar-refractivity contribution in [1.29, 1.82) is 0 Å². The molecule has 0 bridgehead atoms. The molecule has 0 aliphatic carbocycles. The highest BCUT2D eigenvalue weighted by Crippen LogP contribution is 2.27. The fourth-order valence-corrected chi connectivity index (χ4v) is 5.54. The number of aryl methyl sites for hydroxylation is 1. The Bertz CT molecular complexity index is 561. The van der Waals surface area contributed by atoms with E-state index < -0.39 is 10.0 Å². The van der Waals surface area contributed by atoms with Gasteiger partial charge in [0.1, 0.15) is 4.90 Å². The molecular formula is C14H24N2O3S2. The molecule has 5 nitrogen and oxygen atoms in total. The number of rotatable bonds is 6. The van der Waals surface area contributed by atoms with Crippen LogP contribution in [0.1, 0.15) is 30.2 Å². The zero-order chi connectivity index (χ0) is 15.5. The maximum absolute atomic E-state index is 12.4. The van der Waals surface area contributed by atoms with E-state index in [0.29, 0.717) is 22.9 Å². The van der Waals surface area contributed by atoms with E-state index >= 15 is 0 Å². The van der Waals surface area contributed by atoms with Gasteiger partial charge in [-0.3, -0.25) is 0 Å². The Hall–Kier alpha value is -0.470. The molecule has 1 aromatic rings. The zero-order valence-corrected chi connectivity index (χ0v) is 14.3. The Balaban J connectivity index is 1.97.